The maximum atomic E-state index is 12.4. The number of aromatic hydroxyl groups is 1. The van der Waals surface area contributed by atoms with Crippen molar-refractivity contribution in [3.8, 4) is 5.75 Å². The number of rotatable bonds is 3. The molecule has 5 atom stereocenters. The number of carbonyl (C=O) groups is 1. The summed E-state index contributed by atoms with van der Waals surface area (Å²) < 4.78 is 6.39. The van der Waals surface area contributed by atoms with Crippen LogP contribution < -0.4 is 5.32 Å². The van der Waals surface area contributed by atoms with Crippen molar-refractivity contribution in [1.82, 2.24) is 5.32 Å². The summed E-state index contributed by atoms with van der Waals surface area (Å²) in [6, 6.07) is 12.2. The predicted molar refractivity (Wildman–Crippen MR) is 114 cm³/mol. The van der Waals surface area contributed by atoms with E-state index in [1.54, 1.807) is 6.07 Å². The summed E-state index contributed by atoms with van der Waals surface area (Å²) in [7, 11) is 0. The first-order valence-corrected chi connectivity index (χ1v) is 11.0. The van der Waals surface area contributed by atoms with Crippen LogP contribution in [0.1, 0.15) is 58.1 Å². The number of carbonyl (C=O) groups excluding carboxylic acids is 1. The Morgan fingerprint density at radius 1 is 1.24 bits per heavy atom. The fraction of sp³-hybridized carbons (Fsp3) is 0.560. The second-order valence-corrected chi connectivity index (χ2v) is 9.91. The number of amides is 1. The van der Waals surface area contributed by atoms with Crippen LogP contribution in [-0.4, -0.2) is 23.7 Å². The van der Waals surface area contributed by atoms with Crippen molar-refractivity contribution >= 4 is 16.7 Å². The summed E-state index contributed by atoms with van der Waals surface area (Å²) in [6.07, 6.45) is 3.61. The van der Waals surface area contributed by atoms with E-state index >= 15 is 0 Å². The third-order valence-electron chi connectivity index (χ3n) is 8.36. The fourth-order valence-corrected chi connectivity index (χ4v) is 6.92. The molecule has 2 saturated carbocycles. The van der Waals surface area contributed by atoms with E-state index in [2.05, 4.69) is 31.3 Å². The zero-order valence-electron chi connectivity index (χ0n) is 17.6. The van der Waals surface area contributed by atoms with Crippen LogP contribution in [0, 0.1) is 22.7 Å². The maximum absolute atomic E-state index is 12.4. The summed E-state index contributed by atoms with van der Waals surface area (Å²) in [6.45, 7) is 7.24. The van der Waals surface area contributed by atoms with Crippen LogP contribution in [0.15, 0.2) is 36.4 Å². The largest absolute Gasteiger partial charge is 0.508 e. The Hall–Kier alpha value is -2.07. The highest BCUT2D eigenvalue weighted by atomic mass is 16.5. The molecule has 2 N–H and O–H groups in total. The van der Waals surface area contributed by atoms with Crippen molar-refractivity contribution in [3.05, 3.63) is 42.0 Å². The van der Waals surface area contributed by atoms with E-state index in [4.69, 9.17) is 4.74 Å². The lowest BCUT2D eigenvalue weighted by molar-refractivity contribution is -0.137. The molecular formula is C25H31NO3. The third kappa shape index (κ3) is 2.58. The topological polar surface area (TPSA) is 58.6 Å². The normalized spacial score (nSPS) is 34.9. The van der Waals surface area contributed by atoms with Gasteiger partial charge in [0.2, 0.25) is 5.91 Å². The van der Waals surface area contributed by atoms with E-state index in [1.165, 1.54) is 0 Å². The van der Waals surface area contributed by atoms with Crippen LogP contribution in [0.25, 0.3) is 10.8 Å². The van der Waals surface area contributed by atoms with E-state index in [-0.39, 0.29) is 28.9 Å². The number of phenols is 1. The molecular weight excluding hydrogens is 362 g/mol. The van der Waals surface area contributed by atoms with Crippen LogP contribution in [-0.2, 0) is 9.53 Å². The highest BCUT2D eigenvalue weighted by Crippen LogP contribution is 2.71. The lowest BCUT2D eigenvalue weighted by Crippen LogP contribution is -2.58. The fourth-order valence-electron chi connectivity index (χ4n) is 6.92. The first-order valence-electron chi connectivity index (χ1n) is 11.0. The van der Waals surface area contributed by atoms with E-state index in [9.17, 15) is 9.90 Å². The molecule has 1 spiro atoms. The molecule has 1 saturated heterocycles. The number of hydrogen-bond donors (Lipinski definition) is 2. The summed E-state index contributed by atoms with van der Waals surface area (Å²) in [4.78, 5) is 12.4. The standard InChI is InChI=1S/C25H31NO3/c1-4-20(28)26-23-24(2,3)16-13-18-22(29-12-11-25(18,23)14-16)21-17-8-6-5-7-15(17)9-10-19(21)27/h5-10,16,18,22-23,27H,4,11-14H2,1-3H3,(H,26,28)/t16-,18-,22+,23+,25?/m1/s1. The maximum Gasteiger partial charge on any atom is 0.219 e. The molecule has 4 heteroatoms. The highest BCUT2D eigenvalue weighted by molar-refractivity contribution is 5.88. The van der Waals surface area contributed by atoms with Crippen molar-refractivity contribution in [2.45, 2.75) is 58.6 Å². The molecule has 2 aliphatic carbocycles. The average Bonchev–Trinajstić information content (AvgIpc) is 3.20. The van der Waals surface area contributed by atoms with Crippen LogP contribution in [0.3, 0.4) is 0 Å². The SMILES string of the molecule is CCC(=O)N[C@H]1C(C)(C)[C@@H]2C[C@@H]3[C@@H](c4c(O)ccc5ccccc45)OCCC31C2. The Morgan fingerprint density at radius 3 is 2.83 bits per heavy atom. The highest BCUT2D eigenvalue weighted by Gasteiger charge is 2.68. The second-order valence-electron chi connectivity index (χ2n) is 9.91. The van der Waals surface area contributed by atoms with Gasteiger partial charge in [0.15, 0.2) is 0 Å². The van der Waals surface area contributed by atoms with Crippen molar-refractivity contribution in [3.63, 3.8) is 0 Å². The van der Waals surface area contributed by atoms with E-state index in [1.807, 2.05) is 25.1 Å². The quantitative estimate of drug-likeness (QED) is 0.775. The molecule has 1 aliphatic heterocycles. The molecule has 4 nitrogen and oxygen atoms in total. The van der Waals surface area contributed by atoms with Gasteiger partial charge in [-0.25, -0.2) is 0 Å². The molecule has 1 amide bonds. The molecule has 2 aromatic carbocycles. The van der Waals surface area contributed by atoms with Crippen LogP contribution in [0.4, 0.5) is 0 Å². The van der Waals surface area contributed by atoms with E-state index in [0.717, 1.165) is 35.6 Å². The van der Waals surface area contributed by atoms with Crippen molar-refractivity contribution in [2.24, 2.45) is 22.7 Å². The van der Waals surface area contributed by atoms with Gasteiger partial charge in [-0.05, 0) is 58.8 Å². The van der Waals surface area contributed by atoms with Crippen molar-refractivity contribution in [1.29, 1.82) is 0 Å². The smallest absolute Gasteiger partial charge is 0.219 e. The molecule has 1 heterocycles. The zero-order valence-corrected chi connectivity index (χ0v) is 17.6. The molecule has 3 fully saturated rings. The molecule has 1 unspecified atom stereocenters. The minimum Gasteiger partial charge on any atom is -0.508 e. The van der Waals surface area contributed by atoms with Crippen LogP contribution in [0.5, 0.6) is 5.75 Å². The predicted octanol–water partition coefficient (Wildman–Crippen LogP) is 4.95. The van der Waals surface area contributed by atoms with Gasteiger partial charge in [0.25, 0.3) is 0 Å². The van der Waals surface area contributed by atoms with Gasteiger partial charge in [-0.15, -0.1) is 0 Å². The Bertz CT molecular complexity index is 968. The first kappa shape index (κ1) is 18.9. The molecule has 29 heavy (non-hydrogen) atoms. The minimum atomic E-state index is -0.128. The van der Waals surface area contributed by atoms with Gasteiger partial charge in [0.05, 0.1) is 6.10 Å². The number of phenolic OH excluding ortho intramolecular Hbond substituents is 1. The molecule has 154 valence electrons. The van der Waals surface area contributed by atoms with Crippen molar-refractivity contribution in [2.75, 3.05) is 6.61 Å². The number of ether oxygens (including phenoxy) is 1. The zero-order chi connectivity index (χ0) is 20.4. The van der Waals surface area contributed by atoms with Gasteiger partial charge in [-0.1, -0.05) is 51.1 Å². The van der Waals surface area contributed by atoms with E-state index < -0.39 is 0 Å². The summed E-state index contributed by atoms with van der Waals surface area (Å²) in [5, 5.41) is 16.5. The Labute approximate surface area is 172 Å². The summed E-state index contributed by atoms with van der Waals surface area (Å²) in [5.41, 5.74) is 1.06. The lowest BCUT2D eigenvalue weighted by Gasteiger charge is -2.53. The van der Waals surface area contributed by atoms with Gasteiger partial charge in [-0.2, -0.15) is 0 Å². The Morgan fingerprint density at radius 2 is 2.03 bits per heavy atom. The molecule has 0 aromatic heterocycles. The number of benzene rings is 2. The van der Waals surface area contributed by atoms with Crippen LogP contribution in [0.2, 0.25) is 0 Å². The van der Waals surface area contributed by atoms with Crippen molar-refractivity contribution < 1.29 is 14.6 Å². The lowest BCUT2D eigenvalue weighted by atomic mass is 9.58. The van der Waals surface area contributed by atoms with Gasteiger partial charge < -0.3 is 15.2 Å². The average molecular weight is 394 g/mol. The summed E-state index contributed by atoms with van der Waals surface area (Å²) in [5.74, 6) is 1.34. The van der Waals surface area contributed by atoms with Gasteiger partial charge in [0, 0.05) is 24.6 Å². The summed E-state index contributed by atoms with van der Waals surface area (Å²) >= 11 is 0. The molecule has 0 radical (unpaired) electrons. The van der Waals surface area contributed by atoms with Gasteiger partial charge in [-0.3, -0.25) is 4.79 Å². The number of fused-ring (bicyclic) bond motifs is 2. The minimum absolute atomic E-state index is 0.0469. The molecule has 3 aliphatic rings. The number of hydrogen-bond acceptors (Lipinski definition) is 3. The monoisotopic (exact) mass is 393 g/mol. The molecule has 5 rings (SSSR count). The third-order valence-corrected chi connectivity index (χ3v) is 8.36. The van der Waals surface area contributed by atoms with Gasteiger partial charge >= 0.3 is 0 Å². The number of nitrogens with one attached hydrogen (secondary N) is 1. The Kier molecular flexibility index (Phi) is 4.22. The second kappa shape index (κ2) is 6.46. The first-order chi connectivity index (χ1) is 13.9. The molecule has 2 bridgehead atoms. The van der Waals surface area contributed by atoms with Gasteiger partial charge in [0.1, 0.15) is 5.75 Å². The molecule has 2 aromatic rings. The van der Waals surface area contributed by atoms with E-state index in [0.29, 0.717) is 30.6 Å². The Balaban J connectivity index is 1.60. The van der Waals surface area contributed by atoms with Crippen LogP contribution >= 0.6 is 0 Å².